The molecule has 0 aliphatic heterocycles. The molecule has 0 aliphatic rings. The highest BCUT2D eigenvalue weighted by molar-refractivity contribution is 7.90. The Kier molecular flexibility index (Phi) is 4.45. The lowest BCUT2D eigenvalue weighted by molar-refractivity contribution is 0.454. The molecule has 2 aromatic carbocycles. The summed E-state index contributed by atoms with van der Waals surface area (Å²) in [5.74, 6) is 0. The SMILES string of the molecule is CC(C)(NS(=O)(=O)C(C)(C)c1ccccc1)c1ccccc1. The molecule has 0 heterocycles. The summed E-state index contributed by atoms with van der Waals surface area (Å²) in [5.41, 5.74) is 1.03. The number of rotatable bonds is 5. The smallest absolute Gasteiger partial charge is 0.211 e. The van der Waals surface area contributed by atoms with Gasteiger partial charge in [-0.1, -0.05) is 60.7 Å². The van der Waals surface area contributed by atoms with Crippen LogP contribution in [0.4, 0.5) is 0 Å². The van der Waals surface area contributed by atoms with Crippen molar-refractivity contribution in [2.45, 2.75) is 38.0 Å². The standard InChI is InChI=1S/C18H23NO2S/c1-17(2,15-11-7-5-8-12-15)19-22(20,21)18(3,4)16-13-9-6-10-14-16/h5-14,19H,1-4H3. The molecule has 2 rings (SSSR count). The van der Waals surface area contributed by atoms with Gasteiger partial charge in [-0.25, -0.2) is 13.1 Å². The molecular weight excluding hydrogens is 294 g/mol. The predicted octanol–water partition coefficient (Wildman–Crippen LogP) is 3.78. The van der Waals surface area contributed by atoms with E-state index in [1.807, 2.05) is 74.5 Å². The van der Waals surface area contributed by atoms with Gasteiger partial charge < -0.3 is 0 Å². The van der Waals surface area contributed by atoms with Crippen LogP contribution in [0.1, 0.15) is 38.8 Å². The van der Waals surface area contributed by atoms with Crippen molar-refractivity contribution in [1.82, 2.24) is 4.72 Å². The molecule has 0 atom stereocenters. The van der Waals surface area contributed by atoms with Crippen molar-refractivity contribution in [3.63, 3.8) is 0 Å². The Bertz CT molecular complexity index is 720. The molecule has 0 radical (unpaired) electrons. The van der Waals surface area contributed by atoms with Crippen LogP contribution >= 0.6 is 0 Å². The summed E-state index contributed by atoms with van der Waals surface area (Å²) in [6.07, 6.45) is 0. The van der Waals surface area contributed by atoms with E-state index >= 15 is 0 Å². The Hall–Kier alpha value is -1.65. The fraction of sp³-hybridized carbons (Fsp3) is 0.333. The van der Waals surface area contributed by atoms with E-state index in [2.05, 4.69) is 4.72 Å². The number of nitrogens with one attached hydrogen (secondary N) is 1. The number of sulfonamides is 1. The van der Waals surface area contributed by atoms with Crippen LogP contribution in [0.25, 0.3) is 0 Å². The average molecular weight is 317 g/mol. The van der Waals surface area contributed by atoms with Crippen LogP contribution in [0.5, 0.6) is 0 Å². The zero-order valence-corrected chi connectivity index (χ0v) is 14.3. The van der Waals surface area contributed by atoms with Gasteiger partial charge in [0.2, 0.25) is 10.0 Å². The molecule has 22 heavy (non-hydrogen) atoms. The molecule has 0 fully saturated rings. The zero-order chi connectivity index (χ0) is 16.4. The first-order chi connectivity index (χ1) is 10.2. The fourth-order valence-electron chi connectivity index (χ4n) is 2.37. The van der Waals surface area contributed by atoms with Crippen LogP contribution in [0.3, 0.4) is 0 Å². The lowest BCUT2D eigenvalue weighted by Gasteiger charge is -2.33. The quantitative estimate of drug-likeness (QED) is 0.912. The summed E-state index contributed by atoms with van der Waals surface area (Å²) >= 11 is 0. The second-order valence-corrected chi connectivity index (χ2v) is 8.70. The maximum Gasteiger partial charge on any atom is 0.221 e. The van der Waals surface area contributed by atoms with Crippen LogP contribution in [0, 0.1) is 0 Å². The van der Waals surface area contributed by atoms with Crippen LogP contribution in [0.2, 0.25) is 0 Å². The van der Waals surface area contributed by atoms with Crippen LogP contribution in [0.15, 0.2) is 60.7 Å². The Morgan fingerprint density at radius 3 is 1.59 bits per heavy atom. The second-order valence-electron chi connectivity index (χ2n) is 6.47. The molecule has 2 aromatic rings. The van der Waals surface area contributed by atoms with Crippen molar-refractivity contribution in [1.29, 1.82) is 0 Å². The third-order valence-corrected chi connectivity index (χ3v) is 6.38. The van der Waals surface area contributed by atoms with E-state index in [0.29, 0.717) is 0 Å². The van der Waals surface area contributed by atoms with E-state index < -0.39 is 20.3 Å². The largest absolute Gasteiger partial charge is 0.221 e. The molecule has 0 bridgehead atoms. The zero-order valence-electron chi connectivity index (χ0n) is 13.5. The van der Waals surface area contributed by atoms with Gasteiger partial charge in [0.15, 0.2) is 0 Å². The van der Waals surface area contributed by atoms with Gasteiger partial charge in [-0.3, -0.25) is 0 Å². The molecule has 0 aliphatic carbocycles. The van der Waals surface area contributed by atoms with Crippen molar-refractivity contribution < 1.29 is 8.42 Å². The molecular formula is C18H23NO2S. The summed E-state index contributed by atoms with van der Waals surface area (Å²) in [6.45, 7) is 7.21. The number of hydrogen-bond acceptors (Lipinski definition) is 2. The molecule has 0 amide bonds. The summed E-state index contributed by atoms with van der Waals surface area (Å²) in [5, 5.41) is 0. The van der Waals surface area contributed by atoms with Gasteiger partial charge in [0, 0.05) is 0 Å². The van der Waals surface area contributed by atoms with E-state index in [0.717, 1.165) is 11.1 Å². The topological polar surface area (TPSA) is 46.2 Å². The Balaban J connectivity index is 2.35. The van der Waals surface area contributed by atoms with E-state index in [9.17, 15) is 8.42 Å². The van der Waals surface area contributed by atoms with E-state index in [1.54, 1.807) is 13.8 Å². The van der Waals surface area contributed by atoms with E-state index in [-0.39, 0.29) is 0 Å². The maximum atomic E-state index is 12.9. The Morgan fingerprint density at radius 1 is 0.727 bits per heavy atom. The fourth-order valence-corrected chi connectivity index (χ4v) is 3.86. The van der Waals surface area contributed by atoms with Crippen molar-refractivity contribution in [3.8, 4) is 0 Å². The number of hydrogen-bond donors (Lipinski definition) is 1. The van der Waals surface area contributed by atoms with Gasteiger partial charge in [0.05, 0.1) is 5.54 Å². The van der Waals surface area contributed by atoms with Crippen molar-refractivity contribution in [3.05, 3.63) is 71.8 Å². The van der Waals surface area contributed by atoms with Crippen molar-refractivity contribution in [2.24, 2.45) is 0 Å². The Labute approximate surface area is 133 Å². The van der Waals surface area contributed by atoms with Crippen LogP contribution in [-0.2, 0) is 20.3 Å². The monoisotopic (exact) mass is 317 g/mol. The minimum absolute atomic E-state index is 0.674. The van der Waals surface area contributed by atoms with Gasteiger partial charge in [-0.05, 0) is 38.8 Å². The molecule has 0 saturated heterocycles. The molecule has 0 saturated carbocycles. The predicted molar refractivity (Wildman–Crippen MR) is 91.0 cm³/mol. The highest BCUT2D eigenvalue weighted by atomic mass is 32.2. The summed E-state index contributed by atoms with van der Waals surface area (Å²) < 4.78 is 27.7. The minimum Gasteiger partial charge on any atom is -0.211 e. The average Bonchev–Trinajstić information content (AvgIpc) is 2.48. The summed E-state index contributed by atoms with van der Waals surface area (Å²) in [4.78, 5) is 0. The first-order valence-corrected chi connectivity index (χ1v) is 8.80. The third-order valence-electron chi connectivity index (χ3n) is 4.03. The lowest BCUT2D eigenvalue weighted by atomic mass is 9.96. The van der Waals surface area contributed by atoms with E-state index in [1.165, 1.54) is 0 Å². The molecule has 3 nitrogen and oxygen atoms in total. The molecule has 0 unspecified atom stereocenters. The van der Waals surface area contributed by atoms with Gasteiger partial charge in [-0.15, -0.1) is 0 Å². The normalized spacial score (nSPS) is 13.1. The van der Waals surface area contributed by atoms with Crippen LogP contribution < -0.4 is 4.72 Å². The highest BCUT2D eigenvalue weighted by Gasteiger charge is 2.39. The van der Waals surface area contributed by atoms with Gasteiger partial charge in [0.1, 0.15) is 4.75 Å². The third kappa shape index (κ3) is 3.23. The van der Waals surface area contributed by atoms with Gasteiger partial charge in [0.25, 0.3) is 0 Å². The Morgan fingerprint density at radius 2 is 1.14 bits per heavy atom. The summed E-state index contributed by atoms with van der Waals surface area (Å²) in [7, 11) is -3.57. The van der Waals surface area contributed by atoms with Gasteiger partial charge in [-0.2, -0.15) is 0 Å². The highest BCUT2D eigenvalue weighted by Crippen LogP contribution is 2.31. The maximum absolute atomic E-state index is 12.9. The first-order valence-electron chi connectivity index (χ1n) is 7.31. The van der Waals surface area contributed by atoms with Crippen LogP contribution in [-0.4, -0.2) is 8.42 Å². The van der Waals surface area contributed by atoms with Crippen molar-refractivity contribution >= 4 is 10.0 Å². The molecule has 4 heteroatoms. The summed E-state index contributed by atoms with van der Waals surface area (Å²) in [6, 6.07) is 18.9. The lowest BCUT2D eigenvalue weighted by Crippen LogP contribution is -2.48. The van der Waals surface area contributed by atoms with Crippen molar-refractivity contribution in [2.75, 3.05) is 0 Å². The molecule has 0 aromatic heterocycles. The van der Waals surface area contributed by atoms with E-state index in [4.69, 9.17) is 0 Å². The minimum atomic E-state index is -3.57. The van der Waals surface area contributed by atoms with Gasteiger partial charge >= 0.3 is 0 Å². The molecule has 118 valence electrons. The molecule has 1 N–H and O–H groups in total. The first kappa shape index (κ1) is 16.7. The second kappa shape index (κ2) is 5.86. The number of benzene rings is 2. The molecule has 0 spiro atoms.